The number of benzene rings is 1. The highest BCUT2D eigenvalue weighted by Gasteiger charge is 2.20. The first kappa shape index (κ1) is 16.1. The normalized spacial score (nSPS) is 13.9. The number of nitrogens with one attached hydrogen (secondary N) is 1. The SMILES string of the molecule is CC(CN(C)C)NS(=O)(=O)c1ccc(Br)cc1Br. The molecule has 1 aromatic rings. The maximum atomic E-state index is 12.2. The summed E-state index contributed by atoms with van der Waals surface area (Å²) in [5.74, 6) is 0. The molecule has 0 amide bonds. The lowest BCUT2D eigenvalue weighted by Crippen LogP contribution is -2.39. The van der Waals surface area contributed by atoms with Gasteiger partial charge in [-0.3, -0.25) is 0 Å². The Kier molecular flexibility index (Phi) is 5.79. The monoisotopic (exact) mass is 398 g/mol. The van der Waals surface area contributed by atoms with Gasteiger partial charge in [0, 0.05) is 21.5 Å². The number of hydrogen-bond donors (Lipinski definition) is 1. The van der Waals surface area contributed by atoms with E-state index in [1.165, 1.54) is 0 Å². The minimum Gasteiger partial charge on any atom is -0.308 e. The van der Waals surface area contributed by atoms with E-state index in [9.17, 15) is 8.42 Å². The largest absolute Gasteiger partial charge is 0.308 e. The number of rotatable bonds is 5. The predicted molar refractivity (Wildman–Crippen MR) is 80.2 cm³/mol. The van der Waals surface area contributed by atoms with Crippen LogP contribution >= 0.6 is 31.9 Å². The lowest BCUT2D eigenvalue weighted by Gasteiger charge is -2.18. The summed E-state index contributed by atoms with van der Waals surface area (Å²) >= 11 is 6.56. The van der Waals surface area contributed by atoms with E-state index in [0.29, 0.717) is 11.0 Å². The molecule has 4 nitrogen and oxygen atoms in total. The Balaban J connectivity index is 2.93. The van der Waals surface area contributed by atoms with Crippen LogP contribution < -0.4 is 4.72 Å². The second kappa shape index (κ2) is 6.47. The van der Waals surface area contributed by atoms with E-state index >= 15 is 0 Å². The van der Waals surface area contributed by atoms with Crippen molar-refractivity contribution in [1.29, 1.82) is 0 Å². The van der Waals surface area contributed by atoms with Gasteiger partial charge in [0.05, 0.1) is 4.90 Å². The summed E-state index contributed by atoms with van der Waals surface area (Å²) < 4.78 is 28.4. The van der Waals surface area contributed by atoms with Crippen molar-refractivity contribution in [2.24, 2.45) is 0 Å². The Labute approximate surface area is 125 Å². The summed E-state index contributed by atoms with van der Waals surface area (Å²) in [5, 5.41) is 0. The number of nitrogens with zero attached hydrogens (tertiary/aromatic N) is 1. The third-order valence-electron chi connectivity index (χ3n) is 2.18. The van der Waals surface area contributed by atoms with Crippen molar-refractivity contribution < 1.29 is 8.42 Å². The summed E-state index contributed by atoms with van der Waals surface area (Å²) in [6.07, 6.45) is 0. The first-order chi connectivity index (χ1) is 8.22. The lowest BCUT2D eigenvalue weighted by atomic mass is 10.3. The summed E-state index contributed by atoms with van der Waals surface area (Å²) in [4.78, 5) is 2.18. The minimum absolute atomic E-state index is 0.152. The van der Waals surface area contributed by atoms with E-state index in [2.05, 4.69) is 36.6 Å². The molecule has 1 N–H and O–H groups in total. The van der Waals surface area contributed by atoms with Crippen molar-refractivity contribution in [1.82, 2.24) is 9.62 Å². The molecule has 18 heavy (non-hydrogen) atoms. The molecule has 0 aliphatic rings. The average Bonchev–Trinajstić information content (AvgIpc) is 2.13. The number of sulfonamides is 1. The Morgan fingerprint density at radius 1 is 1.33 bits per heavy atom. The molecule has 102 valence electrons. The molecular formula is C11H16Br2N2O2S. The molecule has 0 bridgehead atoms. The van der Waals surface area contributed by atoms with Crippen LogP contribution in [0.25, 0.3) is 0 Å². The van der Waals surface area contributed by atoms with E-state index in [1.54, 1.807) is 18.2 Å². The molecule has 7 heteroatoms. The van der Waals surface area contributed by atoms with Crippen LogP contribution in [0.1, 0.15) is 6.92 Å². The van der Waals surface area contributed by atoms with Crippen molar-refractivity contribution in [3.8, 4) is 0 Å². The first-order valence-electron chi connectivity index (χ1n) is 5.34. The maximum absolute atomic E-state index is 12.2. The van der Waals surface area contributed by atoms with Crippen LogP contribution in [0.15, 0.2) is 32.0 Å². The first-order valence-corrected chi connectivity index (χ1v) is 8.41. The maximum Gasteiger partial charge on any atom is 0.241 e. The second-order valence-corrected chi connectivity index (χ2v) is 7.81. The molecule has 0 saturated carbocycles. The Morgan fingerprint density at radius 3 is 2.44 bits per heavy atom. The second-order valence-electron chi connectivity index (χ2n) is 4.36. The van der Waals surface area contributed by atoms with Crippen LogP contribution in [-0.2, 0) is 10.0 Å². The molecule has 0 radical (unpaired) electrons. The Hall–Kier alpha value is 0.0500. The molecule has 1 unspecified atom stereocenters. The van der Waals surface area contributed by atoms with E-state index in [1.807, 2.05) is 25.9 Å². The van der Waals surface area contributed by atoms with Crippen molar-refractivity contribution in [3.63, 3.8) is 0 Å². The molecule has 1 aromatic carbocycles. The molecule has 0 aliphatic heterocycles. The van der Waals surface area contributed by atoms with Crippen molar-refractivity contribution >= 4 is 41.9 Å². The highest BCUT2D eigenvalue weighted by atomic mass is 79.9. The van der Waals surface area contributed by atoms with Gasteiger partial charge in [0.1, 0.15) is 0 Å². The van der Waals surface area contributed by atoms with Crippen LogP contribution in [0.2, 0.25) is 0 Å². The van der Waals surface area contributed by atoms with Gasteiger partial charge in [-0.1, -0.05) is 15.9 Å². The third kappa shape index (κ3) is 4.62. The summed E-state index contributed by atoms with van der Waals surface area (Å²) in [6, 6.07) is 4.83. The Morgan fingerprint density at radius 2 is 1.94 bits per heavy atom. The smallest absolute Gasteiger partial charge is 0.241 e. The fourth-order valence-electron chi connectivity index (χ4n) is 1.61. The van der Waals surface area contributed by atoms with Crippen LogP contribution in [0, 0.1) is 0 Å². The fourth-order valence-corrected chi connectivity index (χ4v) is 4.59. The molecule has 0 heterocycles. The average molecular weight is 400 g/mol. The van der Waals surface area contributed by atoms with Gasteiger partial charge in [-0.05, 0) is 55.1 Å². The topological polar surface area (TPSA) is 49.4 Å². The van der Waals surface area contributed by atoms with Crippen molar-refractivity contribution in [2.75, 3.05) is 20.6 Å². The molecule has 0 aliphatic carbocycles. The number of halogens is 2. The van der Waals surface area contributed by atoms with Gasteiger partial charge in [0.2, 0.25) is 10.0 Å². The zero-order valence-corrected chi connectivity index (χ0v) is 14.4. The molecular weight excluding hydrogens is 384 g/mol. The zero-order valence-electron chi connectivity index (χ0n) is 10.4. The van der Waals surface area contributed by atoms with Crippen LogP contribution in [-0.4, -0.2) is 40.0 Å². The highest BCUT2D eigenvalue weighted by molar-refractivity contribution is 9.11. The van der Waals surface area contributed by atoms with E-state index in [0.717, 1.165) is 4.47 Å². The van der Waals surface area contributed by atoms with Crippen LogP contribution in [0.5, 0.6) is 0 Å². The predicted octanol–water partition coefficient (Wildman–Crippen LogP) is 2.44. The minimum atomic E-state index is -3.50. The lowest BCUT2D eigenvalue weighted by molar-refractivity contribution is 0.370. The van der Waals surface area contributed by atoms with Gasteiger partial charge in [0.15, 0.2) is 0 Å². The summed E-state index contributed by atoms with van der Waals surface area (Å²) in [6.45, 7) is 2.48. The van der Waals surface area contributed by atoms with Crippen LogP contribution in [0.3, 0.4) is 0 Å². The highest BCUT2D eigenvalue weighted by Crippen LogP contribution is 2.25. The van der Waals surface area contributed by atoms with E-state index in [4.69, 9.17) is 0 Å². The number of hydrogen-bond acceptors (Lipinski definition) is 3. The third-order valence-corrected chi connectivity index (χ3v) is 5.24. The molecule has 0 spiro atoms. The van der Waals surface area contributed by atoms with Crippen LogP contribution in [0.4, 0.5) is 0 Å². The van der Waals surface area contributed by atoms with Gasteiger partial charge in [-0.25, -0.2) is 13.1 Å². The molecule has 1 rings (SSSR count). The van der Waals surface area contributed by atoms with Gasteiger partial charge in [-0.2, -0.15) is 0 Å². The fraction of sp³-hybridized carbons (Fsp3) is 0.455. The molecule has 0 aromatic heterocycles. The van der Waals surface area contributed by atoms with Gasteiger partial charge >= 0.3 is 0 Å². The Bertz CT molecular complexity index is 518. The van der Waals surface area contributed by atoms with E-state index in [-0.39, 0.29) is 10.9 Å². The standard InChI is InChI=1S/C11H16Br2N2O2S/c1-8(7-15(2)3)14-18(16,17)11-5-4-9(12)6-10(11)13/h4-6,8,14H,7H2,1-3H3. The molecule has 0 saturated heterocycles. The quantitative estimate of drug-likeness (QED) is 0.827. The van der Waals surface area contributed by atoms with Gasteiger partial charge in [0.25, 0.3) is 0 Å². The van der Waals surface area contributed by atoms with E-state index < -0.39 is 10.0 Å². The molecule has 0 fully saturated rings. The van der Waals surface area contributed by atoms with Crippen molar-refractivity contribution in [3.05, 3.63) is 27.1 Å². The summed E-state index contributed by atoms with van der Waals surface area (Å²) in [7, 11) is 0.309. The molecule has 1 atom stereocenters. The van der Waals surface area contributed by atoms with Crippen molar-refractivity contribution in [2.45, 2.75) is 17.9 Å². The summed E-state index contributed by atoms with van der Waals surface area (Å²) in [5.41, 5.74) is 0. The van der Waals surface area contributed by atoms with Gasteiger partial charge < -0.3 is 4.90 Å². The number of likely N-dealkylation sites (N-methyl/N-ethyl adjacent to an activating group) is 1. The van der Waals surface area contributed by atoms with Gasteiger partial charge in [-0.15, -0.1) is 0 Å². The zero-order chi connectivity index (χ0) is 13.9.